The van der Waals surface area contributed by atoms with E-state index in [9.17, 15) is 29.7 Å². The van der Waals surface area contributed by atoms with Gasteiger partial charge in [0.25, 0.3) is 5.91 Å². The van der Waals surface area contributed by atoms with Crippen molar-refractivity contribution in [1.29, 1.82) is 10.5 Å². The van der Waals surface area contributed by atoms with E-state index >= 15 is 0 Å². The molecule has 4 amide bonds. The highest BCUT2D eigenvalue weighted by Crippen LogP contribution is 2.37. The third kappa shape index (κ3) is 9.27. The number of alkyl halides is 1. The fourth-order valence-electron chi connectivity index (χ4n) is 6.83. The van der Waals surface area contributed by atoms with Gasteiger partial charge in [-0.25, -0.2) is 9.59 Å². The molecular formula is C44H41ClN8O6. The minimum Gasteiger partial charge on any atom is -0.494 e. The minimum atomic E-state index is -0.656. The number of anilines is 2. The number of isocyanates is 1. The first-order chi connectivity index (χ1) is 28.6. The predicted octanol–water partition coefficient (Wildman–Crippen LogP) is 7.92. The van der Waals surface area contributed by atoms with Crippen LogP contribution in [0.5, 0.6) is 11.5 Å². The number of imide groups is 1. The smallest absolute Gasteiger partial charge is 0.329 e. The number of hydrogen-bond acceptors (Lipinski definition) is 9. The van der Waals surface area contributed by atoms with Gasteiger partial charge in [0.2, 0.25) is 12.0 Å². The van der Waals surface area contributed by atoms with Crippen LogP contribution in [-0.4, -0.2) is 58.7 Å². The first kappa shape index (κ1) is 42.8. The van der Waals surface area contributed by atoms with E-state index < -0.39 is 11.9 Å². The highest BCUT2D eigenvalue weighted by atomic mass is 35.5. The van der Waals surface area contributed by atoms with E-state index in [2.05, 4.69) is 38.5 Å². The zero-order chi connectivity index (χ0) is 42.6. The van der Waals surface area contributed by atoms with Gasteiger partial charge in [0.05, 0.1) is 46.8 Å². The van der Waals surface area contributed by atoms with Crippen molar-refractivity contribution in [2.75, 3.05) is 36.3 Å². The topological polar surface area (TPSA) is 198 Å². The van der Waals surface area contributed by atoms with Crippen molar-refractivity contribution in [2.45, 2.75) is 40.8 Å². The number of nitrogens with one attached hydrogen (secondary N) is 1. The molecule has 6 aromatic rings. The maximum atomic E-state index is 11.9. The molecule has 0 spiro atoms. The average Bonchev–Trinajstić information content (AvgIpc) is 3.88. The number of nitrogen functional groups attached to an aromatic ring is 1. The van der Waals surface area contributed by atoms with Gasteiger partial charge in [-0.1, -0.05) is 24.3 Å². The fraction of sp³-hybridized carbons (Fsp3) is 0.227. The van der Waals surface area contributed by atoms with Crippen LogP contribution in [0.25, 0.3) is 44.3 Å². The van der Waals surface area contributed by atoms with Crippen LogP contribution >= 0.6 is 11.6 Å². The maximum Gasteiger partial charge on any atom is 0.329 e. The molecule has 59 heavy (non-hydrogen) atoms. The number of aliphatic imine (C=N–C) groups is 1. The molecule has 0 bridgehead atoms. The molecule has 0 atom stereocenters. The molecule has 14 nitrogen and oxygen atoms in total. The molecular weight excluding hydrogens is 772 g/mol. The lowest BCUT2D eigenvalue weighted by Crippen LogP contribution is -2.27. The van der Waals surface area contributed by atoms with Gasteiger partial charge in [0.1, 0.15) is 36.1 Å². The summed E-state index contributed by atoms with van der Waals surface area (Å²) in [5.74, 6) is 0.359. The van der Waals surface area contributed by atoms with E-state index in [1.54, 1.807) is 12.1 Å². The lowest BCUT2D eigenvalue weighted by atomic mass is 10.1. The molecule has 7 rings (SSSR count). The van der Waals surface area contributed by atoms with Crippen LogP contribution in [0.4, 0.5) is 16.2 Å². The summed E-state index contributed by atoms with van der Waals surface area (Å²) in [7, 11) is 0. The van der Waals surface area contributed by atoms with E-state index in [1.165, 1.54) is 4.90 Å². The number of aromatic nitrogens is 2. The predicted molar refractivity (Wildman–Crippen MR) is 227 cm³/mol. The molecule has 0 saturated carbocycles. The van der Waals surface area contributed by atoms with Crippen LogP contribution < -0.4 is 25.4 Å². The summed E-state index contributed by atoms with van der Waals surface area (Å²) in [5, 5.41) is 23.6. The third-order valence-electron chi connectivity index (χ3n) is 9.26. The Balaban J connectivity index is 0.000000197. The highest BCUT2D eigenvalue weighted by molar-refractivity contribution is 6.27. The van der Waals surface area contributed by atoms with E-state index in [4.69, 9.17) is 26.8 Å². The van der Waals surface area contributed by atoms with Gasteiger partial charge >= 0.3 is 6.03 Å². The van der Waals surface area contributed by atoms with Gasteiger partial charge < -0.3 is 24.3 Å². The van der Waals surface area contributed by atoms with Gasteiger partial charge in [0.15, 0.2) is 0 Å². The highest BCUT2D eigenvalue weighted by Gasteiger charge is 2.28. The van der Waals surface area contributed by atoms with Crippen LogP contribution in [0, 0.1) is 22.7 Å². The van der Waals surface area contributed by atoms with Crippen molar-refractivity contribution in [3.63, 3.8) is 0 Å². The molecule has 1 saturated heterocycles. The van der Waals surface area contributed by atoms with E-state index in [1.807, 2.05) is 93.6 Å². The Morgan fingerprint density at radius 2 is 1.25 bits per heavy atom. The third-order valence-corrected chi connectivity index (χ3v) is 9.49. The second-order valence-corrected chi connectivity index (χ2v) is 13.0. The molecule has 1 fully saturated rings. The summed E-state index contributed by atoms with van der Waals surface area (Å²) in [4.78, 5) is 46.4. The number of benzene rings is 4. The van der Waals surface area contributed by atoms with E-state index in [0.29, 0.717) is 42.3 Å². The molecule has 0 aliphatic carbocycles. The Kier molecular flexibility index (Phi) is 14.2. The van der Waals surface area contributed by atoms with Gasteiger partial charge in [-0.05, 0) is 87.4 Å². The minimum absolute atomic E-state index is 0.0110. The fourth-order valence-corrected chi connectivity index (χ4v) is 6.89. The second kappa shape index (κ2) is 19.7. The Morgan fingerprint density at radius 1 is 0.780 bits per heavy atom. The first-order valence-corrected chi connectivity index (χ1v) is 19.2. The quantitative estimate of drug-likeness (QED) is 0.0454. The normalized spacial score (nSPS) is 11.7. The molecule has 300 valence electrons. The largest absolute Gasteiger partial charge is 0.494 e. The number of amides is 4. The molecule has 3 heterocycles. The molecule has 0 unspecified atom stereocenters. The SMILES string of the molecule is CCOc1ccc2c(C#N)c(-c3ccc(N)cc3)n(CC)c2c1.CCOc1ccc2c(C#N)c(-c3ccc(N4CC(=O)NC4=O)cc3)n(CC)c2c1.O=C=NC(=O)CCl. The summed E-state index contributed by atoms with van der Waals surface area (Å²) in [6, 6.07) is 30.9. The number of carbonyl (C=O) groups excluding carboxylic acids is 4. The van der Waals surface area contributed by atoms with E-state index in [0.717, 1.165) is 68.4 Å². The molecule has 2 aromatic heterocycles. The van der Waals surface area contributed by atoms with Gasteiger partial charge in [-0.3, -0.25) is 19.8 Å². The molecule has 1 aliphatic heterocycles. The van der Waals surface area contributed by atoms with Crippen molar-refractivity contribution < 1.29 is 28.7 Å². The van der Waals surface area contributed by atoms with Gasteiger partial charge in [0, 0.05) is 47.4 Å². The Labute approximate surface area is 345 Å². The van der Waals surface area contributed by atoms with Crippen LogP contribution in [0.3, 0.4) is 0 Å². The summed E-state index contributed by atoms with van der Waals surface area (Å²) in [6.07, 6.45) is 1.06. The number of nitrogens with zero attached hydrogens (tertiary/aromatic N) is 6. The number of fused-ring (bicyclic) bond motifs is 2. The first-order valence-electron chi connectivity index (χ1n) is 18.7. The number of aryl methyl sites for hydroxylation is 2. The van der Waals surface area contributed by atoms with Crippen LogP contribution in [0.15, 0.2) is 89.9 Å². The van der Waals surface area contributed by atoms with Gasteiger partial charge in [-0.2, -0.15) is 10.5 Å². The van der Waals surface area contributed by atoms with Crippen molar-refractivity contribution in [2.24, 2.45) is 4.99 Å². The number of nitriles is 2. The lowest BCUT2D eigenvalue weighted by molar-refractivity contribution is -0.117. The molecule has 3 N–H and O–H groups in total. The summed E-state index contributed by atoms with van der Waals surface area (Å²) in [5.41, 5.74) is 14.0. The number of hydrogen-bond donors (Lipinski definition) is 2. The number of ether oxygens (including phenoxy) is 2. The lowest BCUT2D eigenvalue weighted by Gasteiger charge is -2.14. The van der Waals surface area contributed by atoms with Crippen molar-refractivity contribution in [3.05, 3.63) is 96.1 Å². The molecule has 0 radical (unpaired) electrons. The van der Waals surface area contributed by atoms with Crippen molar-refractivity contribution in [3.8, 4) is 46.2 Å². The Bertz CT molecular complexity index is 2650. The number of carbonyl (C=O) groups is 3. The maximum absolute atomic E-state index is 11.9. The number of rotatable bonds is 10. The average molecular weight is 813 g/mol. The van der Waals surface area contributed by atoms with Crippen molar-refractivity contribution in [1.82, 2.24) is 14.5 Å². The Morgan fingerprint density at radius 3 is 1.61 bits per heavy atom. The van der Waals surface area contributed by atoms with Crippen molar-refractivity contribution >= 4 is 68.7 Å². The standard InChI is InChI=1S/C22H20N4O3.C19H19N3O.C3H2ClNO2/c1-3-25-19-11-16(29-4-2)9-10-17(19)18(12-23)21(25)14-5-7-15(8-6-14)26-13-20(27)24-22(26)28;1-3-22-18-11-15(23-4-2)9-10-16(18)17(12-20)19(22)13-5-7-14(21)8-6-13;4-1-3(7)5-2-6/h5-11H,3-4,13H2,1-2H3,(H,24,27,28);5-11H,3-4,21H2,1-2H3;1H2. The zero-order valence-electron chi connectivity index (χ0n) is 32.9. The number of nitrogens with two attached hydrogens (primary N) is 1. The summed E-state index contributed by atoms with van der Waals surface area (Å²) < 4.78 is 15.5. The van der Waals surface area contributed by atoms with E-state index in [-0.39, 0.29) is 18.3 Å². The van der Waals surface area contributed by atoms with Crippen LogP contribution in [0.1, 0.15) is 38.8 Å². The molecule has 15 heteroatoms. The number of urea groups is 1. The number of halogens is 1. The zero-order valence-corrected chi connectivity index (χ0v) is 33.7. The monoisotopic (exact) mass is 812 g/mol. The second-order valence-electron chi connectivity index (χ2n) is 12.7. The summed E-state index contributed by atoms with van der Waals surface area (Å²) in [6.45, 7) is 10.7. The van der Waals surface area contributed by atoms with Gasteiger partial charge in [-0.15, -0.1) is 16.6 Å². The summed E-state index contributed by atoms with van der Waals surface area (Å²) >= 11 is 4.91. The van der Waals surface area contributed by atoms with Crippen LogP contribution in [0.2, 0.25) is 0 Å². The molecule has 4 aromatic carbocycles. The molecule has 1 aliphatic rings. The Hall–Kier alpha value is -7.38. The van der Waals surface area contributed by atoms with Crippen LogP contribution in [-0.2, 0) is 27.5 Å².